The molecule has 0 saturated heterocycles. The molecule has 7 heteroatoms. The Morgan fingerprint density at radius 3 is 2.30 bits per heavy atom. The van der Waals surface area contributed by atoms with E-state index in [0.29, 0.717) is 5.92 Å². The van der Waals surface area contributed by atoms with E-state index in [4.69, 9.17) is 10.8 Å². The lowest BCUT2D eigenvalue weighted by molar-refractivity contribution is -0.141. The lowest BCUT2D eigenvalue weighted by Gasteiger charge is -2.34. The summed E-state index contributed by atoms with van der Waals surface area (Å²) in [7, 11) is 1.65. The zero-order valence-corrected chi connectivity index (χ0v) is 12.0. The Bertz CT molecular complexity index is 378. The number of carbonyl (C=O) groups is 3. The van der Waals surface area contributed by atoms with E-state index >= 15 is 0 Å². The number of urea groups is 1. The maximum atomic E-state index is 12.0. The summed E-state index contributed by atoms with van der Waals surface area (Å²) >= 11 is 0. The van der Waals surface area contributed by atoms with Gasteiger partial charge in [-0.2, -0.15) is 0 Å². The van der Waals surface area contributed by atoms with Crippen molar-refractivity contribution in [1.29, 1.82) is 0 Å². The smallest absolute Gasteiger partial charge is 0.326 e. The van der Waals surface area contributed by atoms with Crippen molar-refractivity contribution >= 4 is 17.9 Å². The van der Waals surface area contributed by atoms with Crippen molar-refractivity contribution < 1.29 is 19.5 Å². The molecule has 7 nitrogen and oxygen atoms in total. The molecule has 0 aromatic carbocycles. The van der Waals surface area contributed by atoms with Crippen LogP contribution in [0.2, 0.25) is 0 Å². The fraction of sp³-hybridized carbons (Fsp3) is 0.769. The molecule has 3 amide bonds. The van der Waals surface area contributed by atoms with Crippen molar-refractivity contribution in [1.82, 2.24) is 10.2 Å². The Morgan fingerprint density at radius 1 is 1.30 bits per heavy atom. The molecule has 0 bridgehead atoms. The predicted octanol–water partition coefficient (Wildman–Crippen LogP) is 0.535. The maximum Gasteiger partial charge on any atom is 0.326 e. The Labute approximate surface area is 118 Å². The van der Waals surface area contributed by atoms with Crippen LogP contribution in [-0.4, -0.2) is 47.0 Å². The van der Waals surface area contributed by atoms with Gasteiger partial charge in [-0.05, 0) is 31.6 Å². The molecule has 0 aromatic heterocycles. The van der Waals surface area contributed by atoms with Gasteiger partial charge in [0.25, 0.3) is 0 Å². The largest absolute Gasteiger partial charge is 0.480 e. The average Bonchev–Trinajstić information content (AvgIpc) is 2.37. The van der Waals surface area contributed by atoms with Gasteiger partial charge in [0.05, 0.1) is 6.42 Å². The highest BCUT2D eigenvalue weighted by molar-refractivity contribution is 5.87. The Kier molecular flexibility index (Phi) is 5.79. The van der Waals surface area contributed by atoms with Gasteiger partial charge in [0.2, 0.25) is 5.91 Å². The Balaban J connectivity index is 2.55. The minimum atomic E-state index is -1.27. The number of nitrogens with one attached hydrogen (secondary N) is 1. The van der Waals surface area contributed by atoms with Crippen LogP contribution in [0.25, 0.3) is 0 Å². The van der Waals surface area contributed by atoms with E-state index in [1.54, 1.807) is 7.05 Å². The molecular weight excluding hydrogens is 262 g/mol. The highest BCUT2D eigenvalue weighted by atomic mass is 16.4. The van der Waals surface area contributed by atoms with Crippen molar-refractivity contribution in [2.75, 3.05) is 7.05 Å². The first-order valence-corrected chi connectivity index (χ1v) is 6.85. The monoisotopic (exact) mass is 285 g/mol. The van der Waals surface area contributed by atoms with Crippen molar-refractivity contribution in [3.05, 3.63) is 0 Å². The van der Waals surface area contributed by atoms with Crippen molar-refractivity contribution in [3.63, 3.8) is 0 Å². The molecule has 0 spiro atoms. The molecular formula is C13H23N3O4. The standard InChI is InChI=1S/C13H23N3O4/c1-8-3-5-9(6-4-8)16(2)13(20)15-10(12(18)19)7-11(14)17/h8-10H,3-7H2,1-2H3,(H2,14,17)(H,15,20)(H,18,19)/t8?,9?,10-/m0/s1. The first-order chi connectivity index (χ1) is 9.31. The van der Waals surface area contributed by atoms with Gasteiger partial charge in [0.15, 0.2) is 0 Å². The molecule has 1 fully saturated rings. The Hall–Kier alpha value is -1.79. The third-order valence-corrected chi connectivity index (χ3v) is 3.85. The van der Waals surface area contributed by atoms with E-state index in [-0.39, 0.29) is 6.04 Å². The summed E-state index contributed by atoms with van der Waals surface area (Å²) in [5.41, 5.74) is 4.97. The summed E-state index contributed by atoms with van der Waals surface area (Å²) < 4.78 is 0. The molecule has 4 N–H and O–H groups in total. The summed E-state index contributed by atoms with van der Waals surface area (Å²) in [5.74, 6) is -1.35. The molecule has 20 heavy (non-hydrogen) atoms. The number of aliphatic carboxylic acids is 1. The number of carboxylic acids is 1. The van der Waals surface area contributed by atoms with Gasteiger partial charge < -0.3 is 21.1 Å². The fourth-order valence-corrected chi connectivity index (χ4v) is 2.45. The van der Waals surface area contributed by atoms with Gasteiger partial charge in [0.1, 0.15) is 6.04 Å². The van der Waals surface area contributed by atoms with E-state index in [2.05, 4.69) is 12.2 Å². The van der Waals surface area contributed by atoms with Gasteiger partial charge in [-0.25, -0.2) is 9.59 Å². The van der Waals surface area contributed by atoms with Gasteiger partial charge in [0, 0.05) is 13.1 Å². The van der Waals surface area contributed by atoms with Crippen molar-refractivity contribution in [3.8, 4) is 0 Å². The molecule has 1 rings (SSSR count). The summed E-state index contributed by atoms with van der Waals surface area (Å²) in [5, 5.41) is 11.3. The number of primary amides is 1. The molecule has 0 aliphatic heterocycles. The zero-order valence-electron chi connectivity index (χ0n) is 12.0. The normalized spacial score (nSPS) is 23.7. The minimum absolute atomic E-state index is 0.120. The molecule has 0 radical (unpaired) electrons. The van der Waals surface area contributed by atoms with Crippen LogP contribution in [0.5, 0.6) is 0 Å². The second kappa shape index (κ2) is 7.12. The number of carbonyl (C=O) groups excluding carboxylic acids is 2. The SMILES string of the molecule is CC1CCC(N(C)C(=O)N[C@@H](CC(N)=O)C(=O)O)CC1. The zero-order chi connectivity index (χ0) is 15.3. The highest BCUT2D eigenvalue weighted by Gasteiger charge is 2.28. The topological polar surface area (TPSA) is 113 Å². The number of carboxylic acid groups (broad SMARTS) is 1. The number of amides is 3. The third kappa shape index (κ3) is 4.71. The van der Waals surface area contributed by atoms with E-state index in [9.17, 15) is 14.4 Å². The minimum Gasteiger partial charge on any atom is -0.480 e. The maximum absolute atomic E-state index is 12.0. The van der Waals surface area contributed by atoms with Crippen molar-refractivity contribution in [2.45, 2.75) is 51.1 Å². The third-order valence-electron chi connectivity index (χ3n) is 3.85. The number of nitrogens with two attached hydrogens (primary N) is 1. The second-order valence-corrected chi connectivity index (χ2v) is 5.54. The summed E-state index contributed by atoms with van der Waals surface area (Å²) in [6, 6.07) is -1.63. The number of rotatable bonds is 5. The molecule has 1 aliphatic carbocycles. The summed E-state index contributed by atoms with van der Waals surface area (Å²) in [6.07, 6.45) is 3.55. The van der Waals surface area contributed by atoms with Crippen LogP contribution < -0.4 is 11.1 Å². The lowest BCUT2D eigenvalue weighted by atomic mass is 9.87. The van der Waals surface area contributed by atoms with Crippen LogP contribution in [0, 0.1) is 5.92 Å². The molecule has 1 saturated carbocycles. The van der Waals surface area contributed by atoms with Crippen LogP contribution in [-0.2, 0) is 9.59 Å². The van der Waals surface area contributed by atoms with E-state index in [1.807, 2.05) is 0 Å². The first kappa shape index (κ1) is 16.3. The fourth-order valence-electron chi connectivity index (χ4n) is 2.45. The van der Waals surface area contributed by atoms with Gasteiger partial charge in [-0.15, -0.1) is 0 Å². The molecule has 1 aliphatic rings. The number of nitrogens with zero attached hydrogens (tertiary/aromatic N) is 1. The van der Waals surface area contributed by atoms with Crippen LogP contribution in [0.15, 0.2) is 0 Å². The molecule has 114 valence electrons. The van der Waals surface area contributed by atoms with Crippen LogP contribution >= 0.6 is 0 Å². The molecule has 0 unspecified atom stereocenters. The highest BCUT2D eigenvalue weighted by Crippen LogP contribution is 2.26. The van der Waals surface area contributed by atoms with Gasteiger partial charge in [-0.1, -0.05) is 6.92 Å². The number of hydrogen-bond donors (Lipinski definition) is 3. The van der Waals surface area contributed by atoms with Crippen LogP contribution in [0.3, 0.4) is 0 Å². The molecule has 0 aromatic rings. The van der Waals surface area contributed by atoms with Gasteiger partial charge in [-0.3, -0.25) is 4.79 Å². The first-order valence-electron chi connectivity index (χ1n) is 6.85. The summed E-state index contributed by atoms with van der Waals surface area (Å²) in [4.78, 5) is 35.3. The molecule has 1 atom stereocenters. The van der Waals surface area contributed by atoms with E-state index < -0.39 is 30.4 Å². The molecule has 0 heterocycles. The van der Waals surface area contributed by atoms with E-state index in [1.165, 1.54) is 4.90 Å². The Morgan fingerprint density at radius 2 is 1.85 bits per heavy atom. The summed E-state index contributed by atoms with van der Waals surface area (Å²) in [6.45, 7) is 2.18. The van der Waals surface area contributed by atoms with Gasteiger partial charge >= 0.3 is 12.0 Å². The predicted molar refractivity (Wildman–Crippen MR) is 72.9 cm³/mol. The van der Waals surface area contributed by atoms with Crippen LogP contribution in [0.1, 0.15) is 39.0 Å². The van der Waals surface area contributed by atoms with Crippen molar-refractivity contribution in [2.24, 2.45) is 11.7 Å². The quantitative estimate of drug-likeness (QED) is 0.684. The second-order valence-electron chi connectivity index (χ2n) is 5.54. The van der Waals surface area contributed by atoms with Crippen LogP contribution in [0.4, 0.5) is 4.79 Å². The lowest BCUT2D eigenvalue weighted by Crippen LogP contribution is -2.51. The van der Waals surface area contributed by atoms with E-state index in [0.717, 1.165) is 25.7 Å². The number of hydrogen-bond acceptors (Lipinski definition) is 3. The average molecular weight is 285 g/mol.